The lowest BCUT2D eigenvalue weighted by Gasteiger charge is -2.42. The van der Waals surface area contributed by atoms with Gasteiger partial charge in [-0.1, -0.05) is 42.5 Å². The highest BCUT2D eigenvalue weighted by Gasteiger charge is 2.38. The van der Waals surface area contributed by atoms with Gasteiger partial charge in [-0.15, -0.1) is 0 Å². The number of benzene rings is 2. The lowest BCUT2D eigenvalue weighted by atomic mass is 9.67. The van der Waals surface area contributed by atoms with Crippen molar-refractivity contribution in [3.05, 3.63) is 65.2 Å². The summed E-state index contributed by atoms with van der Waals surface area (Å²) in [5.74, 6) is 0.402. The molecule has 1 aliphatic rings. The first-order valence-electron chi connectivity index (χ1n) is 8.42. The lowest BCUT2D eigenvalue weighted by molar-refractivity contribution is 0.210. The van der Waals surface area contributed by atoms with Gasteiger partial charge in [-0.25, -0.2) is 0 Å². The summed E-state index contributed by atoms with van der Waals surface area (Å²) in [4.78, 5) is 2.36. The number of rotatable bonds is 4. The van der Waals surface area contributed by atoms with Gasteiger partial charge in [0.25, 0.3) is 0 Å². The number of aromatic hydroxyl groups is 1. The van der Waals surface area contributed by atoms with Gasteiger partial charge < -0.3 is 15.7 Å². The summed E-state index contributed by atoms with van der Waals surface area (Å²) in [6.45, 7) is 2.70. The van der Waals surface area contributed by atoms with E-state index in [4.69, 9.17) is 5.73 Å². The largest absolute Gasteiger partial charge is 0.508 e. The SMILES string of the molecule is CN1CCC(c2ccccc2)(c2cc(CCN)ccc2O)CC1. The van der Waals surface area contributed by atoms with E-state index in [1.807, 2.05) is 12.1 Å². The number of hydrogen-bond donors (Lipinski definition) is 2. The standard InChI is InChI=1S/C20H26N2O/c1-22-13-10-20(11-14-22,17-5-3-2-4-6-17)18-15-16(9-12-21)7-8-19(18)23/h2-8,15,23H,9-14,21H2,1H3. The van der Waals surface area contributed by atoms with Crippen molar-refractivity contribution in [1.82, 2.24) is 4.90 Å². The van der Waals surface area contributed by atoms with Crippen LogP contribution in [0.2, 0.25) is 0 Å². The second-order valence-electron chi connectivity index (χ2n) is 6.64. The van der Waals surface area contributed by atoms with Crippen molar-refractivity contribution in [1.29, 1.82) is 0 Å². The summed E-state index contributed by atoms with van der Waals surface area (Å²) >= 11 is 0. The Kier molecular flexibility index (Phi) is 4.69. The van der Waals surface area contributed by atoms with Crippen LogP contribution in [-0.4, -0.2) is 36.7 Å². The molecule has 0 unspecified atom stereocenters. The molecule has 3 nitrogen and oxygen atoms in total. The van der Waals surface area contributed by atoms with E-state index < -0.39 is 0 Å². The fourth-order valence-corrected chi connectivity index (χ4v) is 3.76. The van der Waals surface area contributed by atoms with Gasteiger partial charge in [0.2, 0.25) is 0 Å². The molecule has 0 spiro atoms. The predicted octanol–water partition coefficient (Wildman–Crippen LogP) is 2.91. The van der Waals surface area contributed by atoms with Crippen molar-refractivity contribution in [2.45, 2.75) is 24.7 Å². The zero-order chi connectivity index (χ0) is 16.3. The molecule has 3 heteroatoms. The van der Waals surface area contributed by atoms with E-state index in [1.165, 1.54) is 11.1 Å². The van der Waals surface area contributed by atoms with Crippen LogP contribution < -0.4 is 5.73 Å². The molecule has 0 aromatic heterocycles. The smallest absolute Gasteiger partial charge is 0.119 e. The van der Waals surface area contributed by atoms with Gasteiger partial charge >= 0.3 is 0 Å². The maximum atomic E-state index is 10.6. The van der Waals surface area contributed by atoms with Crippen LogP contribution in [-0.2, 0) is 11.8 Å². The molecule has 0 aliphatic carbocycles. The second kappa shape index (κ2) is 6.73. The molecule has 3 N–H and O–H groups in total. The maximum absolute atomic E-state index is 10.6. The van der Waals surface area contributed by atoms with Crippen LogP contribution in [0.3, 0.4) is 0 Å². The summed E-state index contributed by atoms with van der Waals surface area (Å²) in [5.41, 5.74) is 9.17. The number of nitrogens with zero attached hydrogens (tertiary/aromatic N) is 1. The highest BCUT2D eigenvalue weighted by Crippen LogP contribution is 2.45. The normalized spacial score (nSPS) is 18.0. The van der Waals surface area contributed by atoms with Crippen molar-refractivity contribution in [2.24, 2.45) is 5.73 Å². The van der Waals surface area contributed by atoms with E-state index in [2.05, 4.69) is 48.3 Å². The molecule has 2 aromatic rings. The molecule has 122 valence electrons. The van der Waals surface area contributed by atoms with E-state index in [0.29, 0.717) is 12.3 Å². The van der Waals surface area contributed by atoms with E-state index >= 15 is 0 Å². The fourth-order valence-electron chi connectivity index (χ4n) is 3.76. The monoisotopic (exact) mass is 310 g/mol. The first-order chi connectivity index (χ1) is 11.2. The number of hydrogen-bond acceptors (Lipinski definition) is 3. The Morgan fingerprint density at radius 2 is 1.78 bits per heavy atom. The average molecular weight is 310 g/mol. The molecule has 0 saturated carbocycles. The number of piperidine rings is 1. The highest BCUT2D eigenvalue weighted by atomic mass is 16.3. The Morgan fingerprint density at radius 1 is 1.09 bits per heavy atom. The predicted molar refractivity (Wildman–Crippen MR) is 94.8 cm³/mol. The van der Waals surface area contributed by atoms with Crippen LogP contribution in [0.1, 0.15) is 29.5 Å². The van der Waals surface area contributed by atoms with Crippen molar-refractivity contribution in [3.63, 3.8) is 0 Å². The average Bonchev–Trinajstić information content (AvgIpc) is 2.59. The Bertz CT molecular complexity index is 646. The van der Waals surface area contributed by atoms with E-state index in [-0.39, 0.29) is 5.41 Å². The quantitative estimate of drug-likeness (QED) is 0.913. The third kappa shape index (κ3) is 3.12. The first kappa shape index (κ1) is 16.0. The van der Waals surface area contributed by atoms with Crippen molar-refractivity contribution in [2.75, 3.05) is 26.7 Å². The molecular formula is C20H26N2O. The molecule has 0 atom stereocenters. The van der Waals surface area contributed by atoms with Gasteiger partial charge in [0, 0.05) is 11.0 Å². The van der Waals surface area contributed by atoms with Crippen molar-refractivity contribution >= 4 is 0 Å². The van der Waals surface area contributed by atoms with Crippen LogP contribution in [0.15, 0.2) is 48.5 Å². The molecule has 3 rings (SSSR count). The Hall–Kier alpha value is -1.84. The minimum atomic E-state index is -0.109. The molecule has 1 aliphatic heterocycles. The number of phenolic OH excluding ortho intramolecular Hbond substituents is 1. The number of phenols is 1. The Morgan fingerprint density at radius 3 is 2.43 bits per heavy atom. The summed E-state index contributed by atoms with van der Waals surface area (Å²) in [7, 11) is 2.17. The summed E-state index contributed by atoms with van der Waals surface area (Å²) in [6.07, 6.45) is 2.89. The first-order valence-corrected chi connectivity index (χ1v) is 8.42. The lowest BCUT2D eigenvalue weighted by Crippen LogP contribution is -2.41. The van der Waals surface area contributed by atoms with E-state index in [1.54, 1.807) is 0 Å². The van der Waals surface area contributed by atoms with Crippen LogP contribution in [0.25, 0.3) is 0 Å². The molecule has 0 amide bonds. The van der Waals surface area contributed by atoms with Crippen LogP contribution in [0, 0.1) is 0 Å². The molecule has 0 bridgehead atoms. The number of nitrogens with two attached hydrogens (primary N) is 1. The molecule has 0 radical (unpaired) electrons. The van der Waals surface area contributed by atoms with Crippen LogP contribution in [0.5, 0.6) is 5.75 Å². The van der Waals surface area contributed by atoms with Gasteiger partial charge in [-0.05, 0) is 63.1 Å². The van der Waals surface area contributed by atoms with Crippen molar-refractivity contribution in [3.8, 4) is 5.75 Å². The van der Waals surface area contributed by atoms with E-state index in [9.17, 15) is 5.11 Å². The zero-order valence-corrected chi connectivity index (χ0v) is 13.8. The fraction of sp³-hybridized carbons (Fsp3) is 0.400. The van der Waals surface area contributed by atoms with Gasteiger partial charge in [-0.2, -0.15) is 0 Å². The summed E-state index contributed by atoms with van der Waals surface area (Å²) < 4.78 is 0. The van der Waals surface area contributed by atoms with Crippen LogP contribution in [0.4, 0.5) is 0 Å². The second-order valence-corrected chi connectivity index (χ2v) is 6.64. The maximum Gasteiger partial charge on any atom is 0.119 e. The van der Waals surface area contributed by atoms with Gasteiger partial charge in [0.1, 0.15) is 5.75 Å². The minimum absolute atomic E-state index is 0.109. The van der Waals surface area contributed by atoms with Gasteiger partial charge in [0.05, 0.1) is 0 Å². The molecule has 1 fully saturated rings. The van der Waals surface area contributed by atoms with E-state index in [0.717, 1.165) is 37.9 Å². The van der Waals surface area contributed by atoms with Crippen LogP contribution >= 0.6 is 0 Å². The molecule has 2 aromatic carbocycles. The molecular weight excluding hydrogens is 284 g/mol. The molecule has 1 heterocycles. The van der Waals surface area contributed by atoms with Gasteiger partial charge in [0.15, 0.2) is 0 Å². The zero-order valence-electron chi connectivity index (χ0n) is 13.8. The Labute approximate surface area is 138 Å². The highest BCUT2D eigenvalue weighted by molar-refractivity contribution is 5.49. The molecule has 1 saturated heterocycles. The summed E-state index contributed by atoms with van der Waals surface area (Å²) in [6, 6.07) is 16.6. The third-order valence-electron chi connectivity index (χ3n) is 5.18. The summed E-state index contributed by atoms with van der Waals surface area (Å²) in [5, 5.41) is 10.6. The molecule has 23 heavy (non-hydrogen) atoms. The third-order valence-corrected chi connectivity index (χ3v) is 5.18. The Balaban J connectivity index is 2.11. The number of likely N-dealkylation sites (tertiary alicyclic amines) is 1. The van der Waals surface area contributed by atoms with Gasteiger partial charge in [-0.3, -0.25) is 0 Å². The van der Waals surface area contributed by atoms with Crippen molar-refractivity contribution < 1.29 is 5.11 Å². The topological polar surface area (TPSA) is 49.5 Å². The minimum Gasteiger partial charge on any atom is -0.508 e.